The number of nitrogens with one attached hydrogen (secondary N) is 1. The second-order valence-electron chi connectivity index (χ2n) is 6.03. The summed E-state index contributed by atoms with van der Waals surface area (Å²) in [6.07, 6.45) is -2.52. The average Bonchev–Trinajstić information content (AvgIpc) is 2.68. The van der Waals surface area contributed by atoms with Gasteiger partial charge in [0.25, 0.3) is 5.91 Å². The molecule has 0 fully saturated rings. The van der Waals surface area contributed by atoms with Gasteiger partial charge in [-0.25, -0.2) is 0 Å². The molecule has 1 N–H and O–H groups in total. The largest absolute Gasteiger partial charge is 0.493 e. The van der Waals surface area contributed by atoms with Crippen molar-refractivity contribution >= 4 is 11.6 Å². The standard InChI is InChI=1S/C21H17F3N2O2/c1-28-19-17(10-11-25-18(19)12-14-6-3-2-4-7-14)26-20(27)15-8-5-9-16(13-15)21(22,23)24/h2-11,13H,12H2,1H3,(H,25,26,27). The van der Waals surface area contributed by atoms with E-state index in [2.05, 4.69) is 10.3 Å². The molecule has 144 valence electrons. The number of alkyl halides is 3. The van der Waals surface area contributed by atoms with Crippen LogP contribution in [0.4, 0.5) is 18.9 Å². The summed E-state index contributed by atoms with van der Waals surface area (Å²) >= 11 is 0. The van der Waals surface area contributed by atoms with Gasteiger partial charge in [0.2, 0.25) is 0 Å². The maximum absolute atomic E-state index is 12.9. The van der Waals surface area contributed by atoms with Gasteiger partial charge in [0, 0.05) is 18.2 Å². The number of pyridine rings is 1. The van der Waals surface area contributed by atoms with Gasteiger partial charge in [-0.2, -0.15) is 13.2 Å². The Labute approximate surface area is 160 Å². The molecular weight excluding hydrogens is 369 g/mol. The van der Waals surface area contributed by atoms with E-state index >= 15 is 0 Å². The minimum absolute atomic E-state index is 0.0988. The molecule has 1 aromatic heterocycles. The summed E-state index contributed by atoms with van der Waals surface area (Å²) in [6, 6.07) is 15.4. The predicted molar refractivity (Wildman–Crippen MR) is 99.4 cm³/mol. The normalized spacial score (nSPS) is 11.1. The van der Waals surface area contributed by atoms with Crippen LogP contribution in [0.3, 0.4) is 0 Å². The van der Waals surface area contributed by atoms with E-state index in [1.807, 2.05) is 30.3 Å². The SMILES string of the molecule is COc1c(NC(=O)c2cccc(C(F)(F)F)c2)ccnc1Cc1ccccc1. The summed E-state index contributed by atoms with van der Waals surface area (Å²) in [4.78, 5) is 16.8. The minimum atomic E-state index is -4.52. The van der Waals surface area contributed by atoms with E-state index in [4.69, 9.17) is 4.74 Å². The summed E-state index contributed by atoms with van der Waals surface area (Å²) in [7, 11) is 1.45. The first-order chi connectivity index (χ1) is 13.4. The van der Waals surface area contributed by atoms with E-state index in [-0.39, 0.29) is 5.56 Å². The zero-order valence-corrected chi connectivity index (χ0v) is 15.0. The third-order valence-electron chi connectivity index (χ3n) is 4.10. The highest BCUT2D eigenvalue weighted by atomic mass is 19.4. The molecule has 4 nitrogen and oxygen atoms in total. The molecule has 2 aromatic carbocycles. The topological polar surface area (TPSA) is 51.2 Å². The first-order valence-corrected chi connectivity index (χ1v) is 8.43. The molecule has 1 heterocycles. The lowest BCUT2D eigenvalue weighted by Gasteiger charge is -2.14. The molecule has 0 atom stereocenters. The van der Waals surface area contributed by atoms with Crippen LogP contribution >= 0.6 is 0 Å². The first-order valence-electron chi connectivity index (χ1n) is 8.43. The lowest BCUT2D eigenvalue weighted by Crippen LogP contribution is -2.15. The van der Waals surface area contributed by atoms with Gasteiger partial charge in [-0.05, 0) is 29.8 Å². The number of carbonyl (C=O) groups excluding carboxylic acids is 1. The molecular formula is C21H17F3N2O2. The van der Waals surface area contributed by atoms with E-state index in [1.165, 1.54) is 25.4 Å². The number of hydrogen-bond donors (Lipinski definition) is 1. The van der Waals surface area contributed by atoms with Gasteiger partial charge in [0.05, 0.1) is 24.1 Å². The van der Waals surface area contributed by atoms with Crippen LogP contribution in [0.1, 0.15) is 27.2 Å². The summed E-state index contributed by atoms with van der Waals surface area (Å²) in [5.74, 6) is -0.298. The molecule has 0 saturated carbocycles. The maximum Gasteiger partial charge on any atom is 0.416 e. The fourth-order valence-corrected chi connectivity index (χ4v) is 2.76. The zero-order chi connectivity index (χ0) is 20.1. The van der Waals surface area contributed by atoms with Crippen molar-refractivity contribution in [3.63, 3.8) is 0 Å². The fraction of sp³-hybridized carbons (Fsp3) is 0.143. The van der Waals surface area contributed by atoms with Gasteiger partial charge in [0.1, 0.15) is 0 Å². The molecule has 1 amide bonds. The number of aromatic nitrogens is 1. The molecule has 7 heteroatoms. The number of halogens is 3. The predicted octanol–water partition coefficient (Wildman–Crippen LogP) is 4.95. The van der Waals surface area contributed by atoms with Gasteiger partial charge in [-0.15, -0.1) is 0 Å². The van der Waals surface area contributed by atoms with E-state index in [1.54, 1.807) is 6.07 Å². The Hall–Kier alpha value is -3.35. The lowest BCUT2D eigenvalue weighted by molar-refractivity contribution is -0.137. The Morgan fingerprint density at radius 3 is 2.50 bits per heavy atom. The number of nitrogens with zero attached hydrogens (tertiary/aromatic N) is 1. The van der Waals surface area contributed by atoms with Crippen molar-refractivity contribution in [1.29, 1.82) is 0 Å². The Morgan fingerprint density at radius 1 is 1.07 bits per heavy atom. The molecule has 0 aliphatic carbocycles. The van der Waals surface area contributed by atoms with Crippen molar-refractivity contribution in [2.45, 2.75) is 12.6 Å². The number of anilines is 1. The molecule has 0 radical (unpaired) electrons. The van der Waals surface area contributed by atoms with Crippen molar-refractivity contribution in [3.8, 4) is 5.75 Å². The van der Waals surface area contributed by atoms with Crippen molar-refractivity contribution in [1.82, 2.24) is 4.98 Å². The molecule has 0 unspecified atom stereocenters. The van der Waals surface area contributed by atoms with Crippen LogP contribution in [0.25, 0.3) is 0 Å². The third-order valence-corrected chi connectivity index (χ3v) is 4.10. The number of benzene rings is 2. The lowest BCUT2D eigenvalue weighted by atomic mass is 10.1. The molecule has 0 bridgehead atoms. The van der Waals surface area contributed by atoms with Gasteiger partial charge < -0.3 is 10.1 Å². The molecule has 3 aromatic rings. The highest BCUT2D eigenvalue weighted by Crippen LogP contribution is 2.31. The highest BCUT2D eigenvalue weighted by molar-refractivity contribution is 6.05. The van der Waals surface area contributed by atoms with Crippen LogP contribution in [0, 0.1) is 0 Å². The van der Waals surface area contributed by atoms with Crippen molar-refractivity contribution in [3.05, 3.63) is 89.2 Å². The molecule has 3 rings (SSSR count). The summed E-state index contributed by atoms with van der Waals surface area (Å²) in [5, 5.41) is 2.61. The molecule has 0 aliphatic heterocycles. The first kappa shape index (κ1) is 19.4. The Balaban J connectivity index is 1.86. The van der Waals surface area contributed by atoms with Crippen molar-refractivity contribution in [2.24, 2.45) is 0 Å². The monoisotopic (exact) mass is 386 g/mol. The zero-order valence-electron chi connectivity index (χ0n) is 15.0. The second kappa shape index (κ2) is 8.12. The number of rotatable bonds is 5. The van der Waals surface area contributed by atoms with Crippen LogP contribution < -0.4 is 10.1 Å². The smallest absolute Gasteiger partial charge is 0.416 e. The van der Waals surface area contributed by atoms with Gasteiger partial charge >= 0.3 is 6.18 Å². The maximum atomic E-state index is 12.9. The van der Waals surface area contributed by atoms with Crippen LogP contribution in [0.2, 0.25) is 0 Å². The average molecular weight is 386 g/mol. The molecule has 28 heavy (non-hydrogen) atoms. The van der Waals surface area contributed by atoms with E-state index < -0.39 is 17.6 Å². The second-order valence-corrected chi connectivity index (χ2v) is 6.03. The van der Waals surface area contributed by atoms with E-state index in [0.29, 0.717) is 23.6 Å². The highest BCUT2D eigenvalue weighted by Gasteiger charge is 2.31. The number of methoxy groups -OCH3 is 1. The number of amides is 1. The summed E-state index contributed by atoms with van der Waals surface area (Å²) in [6.45, 7) is 0. The molecule has 0 aliphatic rings. The van der Waals surface area contributed by atoms with Crippen LogP contribution in [0.15, 0.2) is 66.9 Å². The number of ether oxygens (including phenoxy) is 1. The Bertz CT molecular complexity index is 973. The summed E-state index contributed by atoms with van der Waals surface area (Å²) in [5.41, 5.74) is 0.973. The number of hydrogen-bond acceptors (Lipinski definition) is 3. The Morgan fingerprint density at radius 2 is 1.82 bits per heavy atom. The quantitative estimate of drug-likeness (QED) is 0.675. The third kappa shape index (κ3) is 4.49. The van der Waals surface area contributed by atoms with Crippen molar-refractivity contribution in [2.75, 3.05) is 12.4 Å². The van der Waals surface area contributed by atoms with Crippen LogP contribution in [0.5, 0.6) is 5.75 Å². The van der Waals surface area contributed by atoms with Gasteiger partial charge in [-0.1, -0.05) is 36.4 Å². The minimum Gasteiger partial charge on any atom is -0.493 e. The molecule has 0 spiro atoms. The van der Waals surface area contributed by atoms with Crippen LogP contribution in [-0.4, -0.2) is 18.0 Å². The fourth-order valence-electron chi connectivity index (χ4n) is 2.76. The number of carbonyl (C=O) groups is 1. The van der Waals surface area contributed by atoms with Crippen molar-refractivity contribution < 1.29 is 22.7 Å². The Kier molecular flexibility index (Phi) is 5.63. The summed E-state index contributed by atoms with van der Waals surface area (Å²) < 4.78 is 44.0. The van der Waals surface area contributed by atoms with Gasteiger partial charge in [0.15, 0.2) is 5.75 Å². The van der Waals surface area contributed by atoms with Gasteiger partial charge in [-0.3, -0.25) is 9.78 Å². The molecule has 0 saturated heterocycles. The van der Waals surface area contributed by atoms with E-state index in [0.717, 1.165) is 17.7 Å². The van der Waals surface area contributed by atoms with Crippen LogP contribution in [-0.2, 0) is 12.6 Å². The van der Waals surface area contributed by atoms with E-state index in [9.17, 15) is 18.0 Å².